The Balaban J connectivity index is 1.64. The standard InChI is InChI=1S/C19H14N4OS2/c20-10-12-17(16-9-11-5-1-3-7-14(11)25-16)22-23(18(12)24)19-21-13-6-2-4-8-15(13)26-19/h1,3,5-10H,2,4,20H2/b12-10+. The summed E-state index contributed by atoms with van der Waals surface area (Å²) in [5.74, 6) is -0.231. The first-order valence-corrected chi connectivity index (χ1v) is 9.89. The monoisotopic (exact) mass is 378 g/mol. The predicted octanol–water partition coefficient (Wildman–Crippen LogP) is 2.31. The maximum absolute atomic E-state index is 12.9. The molecule has 2 N–H and O–H groups in total. The van der Waals surface area contributed by atoms with Crippen LogP contribution in [-0.2, 0) is 4.79 Å². The van der Waals surface area contributed by atoms with Gasteiger partial charge in [0.15, 0.2) is 0 Å². The lowest BCUT2D eigenvalue weighted by molar-refractivity contribution is -0.114. The van der Waals surface area contributed by atoms with E-state index >= 15 is 0 Å². The molecule has 1 amide bonds. The van der Waals surface area contributed by atoms with Crippen LogP contribution >= 0.6 is 22.7 Å². The number of aromatic nitrogens is 1. The second-order valence-electron chi connectivity index (χ2n) is 6.03. The number of benzene rings is 1. The van der Waals surface area contributed by atoms with Crippen molar-refractivity contribution in [1.82, 2.24) is 4.98 Å². The normalized spacial score (nSPS) is 18.0. The zero-order valence-electron chi connectivity index (χ0n) is 13.7. The van der Waals surface area contributed by atoms with Crippen molar-refractivity contribution >= 4 is 61.7 Å². The van der Waals surface area contributed by atoms with Crippen molar-refractivity contribution in [1.29, 1.82) is 0 Å². The molecule has 0 saturated heterocycles. The summed E-state index contributed by atoms with van der Waals surface area (Å²) < 4.78 is 2.25. The molecule has 0 unspecified atom stereocenters. The van der Waals surface area contributed by atoms with Crippen LogP contribution in [0.5, 0.6) is 0 Å². The SMILES string of the molecule is N/C=C1/C(=O)N(c2nc3c(s2)=CCCC=3)N=C1c1cc2ccccc2s1. The number of hydrogen-bond donors (Lipinski definition) is 1. The van der Waals surface area contributed by atoms with Crippen LogP contribution in [0.1, 0.15) is 17.7 Å². The van der Waals surface area contributed by atoms with Crippen LogP contribution in [0.4, 0.5) is 5.13 Å². The number of nitrogens with zero attached hydrogens (tertiary/aromatic N) is 3. The van der Waals surface area contributed by atoms with E-state index in [1.54, 1.807) is 11.3 Å². The Bertz CT molecular complexity index is 1170. The van der Waals surface area contributed by atoms with Gasteiger partial charge in [-0.1, -0.05) is 41.7 Å². The molecule has 2 aromatic heterocycles. The Kier molecular flexibility index (Phi) is 3.51. The quantitative estimate of drug-likeness (QED) is 0.696. The van der Waals surface area contributed by atoms with Crippen molar-refractivity contribution in [2.24, 2.45) is 10.8 Å². The van der Waals surface area contributed by atoms with Gasteiger partial charge in [0.2, 0.25) is 5.13 Å². The number of hydrogen-bond acceptors (Lipinski definition) is 6. The van der Waals surface area contributed by atoms with E-state index in [0.717, 1.165) is 37.7 Å². The summed E-state index contributed by atoms with van der Waals surface area (Å²) in [4.78, 5) is 18.4. The Labute approximate surface area is 157 Å². The molecule has 0 fully saturated rings. The summed E-state index contributed by atoms with van der Waals surface area (Å²) in [6.45, 7) is 0. The smallest absolute Gasteiger partial charge is 0.284 e. The number of fused-ring (bicyclic) bond motifs is 2. The molecule has 2 aliphatic rings. The number of nitrogens with two attached hydrogens (primary N) is 1. The molecular weight excluding hydrogens is 364 g/mol. The molecule has 0 radical (unpaired) electrons. The van der Waals surface area contributed by atoms with Gasteiger partial charge in [-0.05, 0) is 30.4 Å². The van der Waals surface area contributed by atoms with E-state index in [1.165, 1.54) is 22.5 Å². The largest absolute Gasteiger partial charge is 0.404 e. The van der Waals surface area contributed by atoms with Crippen molar-refractivity contribution in [2.45, 2.75) is 12.8 Å². The third-order valence-electron chi connectivity index (χ3n) is 4.39. The summed E-state index contributed by atoms with van der Waals surface area (Å²) in [6, 6.07) is 10.2. The van der Waals surface area contributed by atoms with Gasteiger partial charge in [0.05, 0.1) is 20.3 Å². The Morgan fingerprint density at radius 3 is 2.81 bits per heavy atom. The highest BCUT2D eigenvalue weighted by Gasteiger charge is 2.34. The summed E-state index contributed by atoms with van der Waals surface area (Å²) in [5, 5.41) is 8.62. The minimum atomic E-state index is -0.231. The molecule has 0 bridgehead atoms. The van der Waals surface area contributed by atoms with Gasteiger partial charge in [-0.2, -0.15) is 10.1 Å². The van der Waals surface area contributed by atoms with Gasteiger partial charge in [-0.25, -0.2) is 4.98 Å². The lowest BCUT2D eigenvalue weighted by Crippen LogP contribution is -2.24. The lowest BCUT2D eigenvalue weighted by atomic mass is 10.1. The van der Waals surface area contributed by atoms with Gasteiger partial charge < -0.3 is 5.73 Å². The molecule has 128 valence electrons. The average Bonchev–Trinajstić information content (AvgIpc) is 3.35. The number of carbonyl (C=O) groups excluding carboxylic acids is 1. The lowest BCUT2D eigenvalue weighted by Gasteiger charge is -2.05. The molecule has 1 aromatic carbocycles. The third kappa shape index (κ3) is 2.32. The van der Waals surface area contributed by atoms with Crippen LogP contribution in [0.15, 0.2) is 47.2 Å². The molecule has 0 spiro atoms. The fourth-order valence-corrected chi connectivity index (χ4v) is 5.17. The highest BCUT2D eigenvalue weighted by atomic mass is 32.1. The number of thiazole rings is 1. The zero-order valence-corrected chi connectivity index (χ0v) is 15.3. The highest BCUT2D eigenvalue weighted by molar-refractivity contribution is 7.21. The first-order valence-electron chi connectivity index (χ1n) is 8.26. The third-order valence-corrected chi connectivity index (χ3v) is 6.55. The molecule has 0 saturated carbocycles. The molecule has 5 nitrogen and oxygen atoms in total. The van der Waals surface area contributed by atoms with Crippen LogP contribution < -0.4 is 20.6 Å². The summed E-state index contributed by atoms with van der Waals surface area (Å²) >= 11 is 3.09. The van der Waals surface area contributed by atoms with Crippen molar-refractivity contribution in [3.63, 3.8) is 0 Å². The van der Waals surface area contributed by atoms with Crippen molar-refractivity contribution in [3.8, 4) is 0 Å². The van der Waals surface area contributed by atoms with Crippen molar-refractivity contribution in [2.75, 3.05) is 5.01 Å². The van der Waals surface area contributed by atoms with Gasteiger partial charge in [0, 0.05) is 10.9 Å². The maximum atomic E-state index is 12.9. The average molecular weight is 378 g/mol. The van der Waals surface area contributed by atoms with Gasteiger partial charge in [0.25, 0.3) is 5.91 Å². The summed E-state index contributed by atoms with van der Waals surface area (Å²) in [7, 11) is 0. The molecule has 3 aromatic rings. The second kappa shape index (κ2) is 5.89. The van der Waals surface area contributed by atoms with Crippen molar-refractivity contribution in [3.05, 3.63) is 56.9 Å². The van der Waals surface area contributed by atoms with Crippen molar-refractivity contribution < 1.29 is 4.79 Å². The van der Waals surface area contributed by atoms with Gasteiger partial charge in [-0.15, -0.1) is 11.3 Å². The molecule has 7 heteroatoms. The fourth-order valence-electron chi connectivity index (χ4n) is 3.12. The molecule has 0 atom stereocenters. The number of hydrazone groups is 1. The van der Waals surface area contributed by atoms with Crippen LogP contribution in [0.2, 0.25) is 0 Å². The van der Waals surface area contributed by atoms with E-state index in [2.05, 4.69) is 34.4 Å². The molecular formula is C19H14N4OS2. The maximum Gasteiger partial charge on any atom is 0.284 e. The minimum absolute atomic E-state index is 0.231. The highest BCUT2D eigenvalue weighted by Crippen LogP contribution is 2.32. The number of thiophene rings is 1. The van der Waals surface area contributed by atoms with E-state index < -0.39 is 0 Å². The van der Waals surface area contributed by atoms with E-state index in [9.17, 15) is 4.79 Å². The van der Waals surface area contributed by atoms with E-state index in [-0.39, 0.29) is 5.91 Å². The van der Waals surface area contributed by atoms with Gasteiger partial charge >= 0.3 is 0 Å². The first kappa shape index (κ1) is 15.5. The number of rotatable bonds is 2. The Morgan fingerprint density at radius 2 is 2.00 bits per heavy atom. The molecule has 26 heavy (non-hydrogen) atoms. The fraction of sp³-hybridized carbons (Fsp3) is 0.105. The summed E-state index contributed by atoms with van der Waals surface area (Å²) in [6.07, 6.45) is 7.60. The Hall–Kier alpha value is -2.77. The molecule has 3 heterocycles. The molecule has 5 rings (SSSR count). The number of amides is 1. The Morgan fingerprint density at radius 1 is 1.15 bits per heavy atom. The van der Waals surface area contributed by atoms with Gasteiger partial charge in [0.1, 0.15) is 5.71 Å². The van der Waals surface area contributed by atoms with E-state index in [1.807, 2.05) is 18.2 Å². The van der Waals surface area contributed by atoms with E-state index in [4.69, 9.17) is 5.73 Å². The first-order chi connectivity index (χ1) is 12.7. The van der Waals surface area contributed by atoms with E-state index in [0.29, 0.717) is 16.4 Å². The van der Waals surface area contributed by atoms with Gasteiger partial charge in [-0.3, -0.25) is 4.79 Å². The molecule has 1 aliphatic heterocycles. The summed E-state index contributed by atoms with van der Waals surface area (Å²) in [5.41, 5.74) is 6.79. The minimum Gasteiger partial charge on any atom is -0.404 e. The zero-order chi connectivity index (χ0) is 17.7. The topological polar surface area (TPSA) is 71.6 Å². The number of anilines is 1. The van der Waals surface area contributed by atoms with Crippen LogP contribution in [0.3, 0.4) is 0 Å². The predicted molar refractivity (Wildman–Crippen MR) is 108 cm³/mol. The molecule has 1 aliphatic carbocycles. The van der Waals surface area contributed by atoms with Crippen LogP contribution in [0.25, 0.3) is 22.2 Å². The second-order valence-corrected chi connectivity index (χ2v) is 8.12. The van der Waals surface area contributed by atoms with Crippen LogP contribution in [-0.4, -0.2) is 16.6 Å². The van der Waals surface area contributed by atoms with Crippen LogP contribution in [0, 0.1) is 0 Å². The number of carbonyl (C=O) groups is 1.